The molecule has 10 nitrogen and oxygen atoms in total. The molecule has 2 N–H and O–H groups in total. The predicted octanol–water partition coefficient (Wildman–Crippen LogP) is 1.29. The van der Waals surface area contributed by atoms with Gasteiger partial charge in [0.15, 0.2) is 0 Å². The molecule has 0 aliphatic rings. The Kier molecular flexibility index (Phi) is 5.81. The maximum absolute atomic E-state index is 11.3. The summed E-state index contributed by atoms with van der Waals surface area (Å²) in [5.41, 5.74) is -0.201. The van der Waals surface area contributed by atoms with Crippen LogP contribution in [0.25, 0.3) is 0 Å². The number of aliphatic carboxylic acids is 2. The number of nitrogens with zero attached hydrogens (tertiary/aromatic N) is 1. The Labute approximate surface area is 123 Å². The number of carboxylic acid groups (broad SMARTS) is 2. The average Bonchev–Trinajstić information content (AvgIpc) is 2.43. The number of benzene rings is 1. The maximum Gasteiger partial charge on any atom is 0.513 e. The fourth-order valence-corrected chi connectivity index (χ4v) is 1.36. The van der Waals surface area contributed by atoms with E-state index in [-0.39, 0.29) is 11.4 Å². The zero-order valence-corrected chi connectivity index (χ0v) is 11.0. The van der Waals surface area contributed by atoms with Crippen LogP contribution in [0.5, 0.6) is 5.75 Å². The van der Waals surface area contributed by atoms with E-state index in [1.807, 2.05) is 0 Å². The van der Waals surface area contributed by atoms with E-state index in [4.69, 9.17) is 10.2 Å². The maximum atomic E-state index is 11.3. The Morgan fingerprint density at radius 2 is 1.77 bits per heavy atom. The molecular weight excluding hydrogens is 302 g/mol. The summed E-state index contributed by atoms with van der Waals surface area (Å²) >= 11 is 0. The molecule has 0 aliphatic heterocycles. The van der Waals surface area contributed by atoms with E-state index in [0.717, 1.165) is 24.3 Å². The summed E-state index contributed by atoms with van der Waals surface area (Å²) in [5, 5.41) is 27.7. The average molecular weight is 313 g/mol. The van der Waals surface area contributed by atoms with Crippen molar-refractivity contribution in [1.82, 2.24) is 0 Å². The van der Waals surface area contributed by atoms with Gasteiger partial charge in [0.1, 0.15) is 18.3 Å². The first-order chi connectivity index (χ1) is 10.3. The van der Waals surface area contributed by atoms with Crippen molar-refractivity contribution in [3.63, 3.8) is 0 Å². The molecule has 22 heavy (non-hydrogen) atoms. The summed E-state index contributed by atoms with van der Waals surface area (Å²) < 4.78 is 9.17. The number of hydrogen-bond donors (Lipinski definition) is 2. The second kappa shape index (κ2) is 7.57. The van der Waals surface area contributed by atoms with Crippen LogP contribution >= 0.6 is 0 Å². The van der Waals surface area contributed by atoms with E-state index >= 15 is 0 Å². The van der Waals surface area contributed by atoms with Crippen molar-refractivity contribution in [2.75, 3.05) is 6.61 Å². The standard InChI is InChI=1S/C12H11NO9/c14-10(15)5-7(11(16)17)6-21-12(18)22-9-3-1-8(2-4-9)13(19)20/h1-4,7H,5-6H2,(H,14,15)(H,16,17). The molecule has 1 rings (SSSR count). The van der Waals surface area contributed by atoms with Crippen molar-refractivity contribution >= 4 is 23.8 Å². The molecular formula is C12H11NO9. The molecule has 10 heteroatoms. The highest BCUT2D eigenvalue weighted by Crippen LogP contribution is 2.17. The van der Waals surface area contributed by atoms with E-state index < -0.39 is 42.0 Å². The lowest BCUT2D eigenvalue weighted by atomic mass is 10.1. The molecule has 0 saturated heterocycles. The number of carbonyl (C=O) groups excluding carboxylic acids is 1. The third-order valence-electron chi connectivity index (χ3n) is 2.42. The van der Waals surface area contributed by atoms with E-state index in [1.165, 1.54) is 0 Å². The zero-order valence-electron chi connectivity index (χ0n) is 11.0. The summed E-state index contributed by atoms with van der Waals surface area (Å²) in [5.74, 6) is -4.21. The molecule has 0 bridgehead atoms. The second-order valence-corrected chi connectivity index (χ2v) is 4.05. The Balaban J connectivity index is 2.53. The largest absolute Gasteiger partial charge is 0.513 e. The Morgan fingerprint density at radius 3 is 2.23 bits per heavy atom. The first-order valence-electron chi connectivity index (χ1n) is 5.83. The fourth-order valence-electron chi connectivity index (χ4n) is 1.36. The highest BCUT2D eigenvalue weighted by Gasteiger charge is 2.23. The van der Waals surface area contributed by atoms with Crippen LogP contribution in [0.4, 0.5) is 10.5 Å². The Bertz CT molecular complexity index is 581. The summed E-state index contributed by atoms with van der Waals surface area (Å²) in [7, 11) is 0. The SMILES string of the molecule is O=C(O)CC(COC(=O)Oc1ccc([N+](=O)[O-])cc1)C(=O)O. The van der Waals surface area contributed by atoms with Crippen LogP contribution in [-0.2, 0) is 14.3 Å². The van der Waals surface area contributed by atoms with Gasteiger partial charge in [0.05, 0.1) is 11.3 Å². The second-order valence-electron chi connectivity index (χ2n) is 4.05. The van der Waals surface area contributed by atoms with Gasteiger partial charge in [-0.15, -0.1) is 0 Å². The smallest absolute Gasteiger partial charge is 0.481 e. The van der Waals surface area contributed by atoms with Crippen molar-refractivity contribution in [3.8, 4) is 5.75 Å². The quantitative estimate of drug-likeness (QED) is 0.328. The van der Waals surface area contributed by atoms with Crippen LogP contribution in [0.2, 0.25) is 0 Å². The first kappa shape index (κ1) is 16.9. The van der Waals surface area contributed by atoms with Gasteiger partial charge in [-0.1, -0.05) is 0 Å². The number of non-ortho nitro benzene ring substituents is 1. The topological polar surface area (TPSA) is 153 Å². The first-order valence-corrected chi connectivity index (χ1v) is 5.83. The number of nitro benzene ring substituents is 1. The Morgan fingerprint density at radius 1 is 1.18 bits per heavy atom. The van der Waals surface area contributed by atoms with Crippen molar-refractivity contribution in [2.45, 2.75) is 6.42 Å². The van der Waals surface area contributed by atoms with Crippen LogP contribution < -0.4 is 4.74 Å². The van der Waals surface area contributed by atoms with E-state index in [0.29, 0.717) is 0 Å². The van der Waals surface area contributed by atoms with Crippen molar-refractivity contribution < 1.29 is 39.0 Å². The lowest BCUT2D eigenvalue weighted by Crippen LogP contribution is -2.25. The van der Waals surface area contributed by atoms with Gasteiger partial charge in [0, 0.05) is 12.1 Å². The third-order valence-corrected chi connectivity index (χ3v) is 2.42. The lowest BCUT2D eigenvalue weighted by Gasteiger charge is -2.10. The van der Waals surface area contributed by atoms with Gasteiger partial charge in [-0.2, -0.15) is 0 Å². The van der Waals surface area contributed by atoms with Gasteiger partial charge in [0.25, 0.3) is 5.69 Å². The van der Waals surface area contributed by atoms with Gasteiger partial charge in [-0.3, -0.25) is 19.7 Å². The van der Waals surface area contributed by atoms with Crippen molar-refractivity contribution in [2.24, 2.45) is 5.92 Å². The van der Waals surface area contributed by atoms with Gasteiger partial charge < -0.3 is 19.7 Å². The summed E-state index contributed by atoms with van der Waals surface area (Å²) in [6.45, 7) is -0.673. The van der Waals surface area contributed by atoms with Crippen LogP contribution in [0.3, 0.4) is 0 Å². The molecule has 0 amide bonds. The summed E-state index contributed by atoms with van der Waals surface area (Å²) in [6.07, 6.45) is -1.95. The lowest BCUT2D eigenvalue weighted by molar-refractivity contribution is -0.384. The Hall–Kier alpha value is -3.17. The van der Waals surface area contributed by atoms with Gasteiger partial charge >= 0.3 is 18.1 Å². The number of carbonyl (C=O) groups is 3. The molecule has 0 heterocycles. The molecule has 118 valence electrons. The van der Waals surface area contributed by atoms with Crippen molar-refractivity contribution in [3.05, 3.63) is 34.4 Å². The third kappa shape index (κ3) is 5.45. The van der Waals surface area contributed by atoms with Gasteiger partial charge in [-0.05, 0) is 12.1 Å². The van der Waals surface area contributed by atoms with E-state index in [9.17, 15) is 24.5 Å². The summed E-state index contributed by atoms with van der Waals surface area (Å²) in [4.78, 5) is 42.3. The minimum Gasteiger partial charge on any atom is -0.481 e. The molecule has 0 radical (unpaired) electrons. The molecule has 1 atom stereocenters. The number of hydrogen-bond acceptors (Lipinski definition) is 7. The minimum absolute atomic E-state index is 0.0410. The summed E-state index contributed by atoms with van der Waals surface area (Å²) in [6, 6.07) is 4.52. The van der Waals surface area contributed by atoms with Crippen LogP contribution in [-0.4, -0.2) is 39.8 Å². The number of ether oxygens (including phenoxy) is 2. The van der Waals surface area contributed by atoms with Gasteiger partial charge in [-0.25, -0.2) is 4.79 Å². The minimum atomic E-state index is -1.43. The highest BCUT2D eigenvalue weighted by atomic mass is 16.7. The van der Waals surface area contributed by atoms with Crippen LogP contribution in [0.15, 0.2) is 24.3 Å². The van der Waals surface area contributed by atoms with E-state index in [2.05, 4.69) is 9.47 Å². The number of carboxylic acids is 2. The monoisotopic (exact) mass is 313 g/mol. The molecule has 0 fully saturated rings. The molecule has 0 saturated carbocycles. The molecule has 0 aliphatic carbocycles. The van der Waals surface area contributed by atoms with Crippen molar-refractivity contribution in [1.29, 1.82) is 0 Å². The highest BCUT2D eigenvalue weighted by molar-refractivity contribution is 5.78. The van der Waals surface area contributed by atoms with Crippen LogP contribution in [0, 0.1) is 16.0 Å². The fraction of sp³-hybridized carbons (Fsp3) is 0.250. The molecule has 0 aromatic heterocycles. The predicted molar refractivity (Wildman–Crippen MR) is 68.5 cm³/mol. The molecule has 1 aromatic rings. The van der Waals surface area contributed by atoms with E-state index in [1.54, 1.807) is 0 Å². The molecule has 1 unspecified atom stereocenters. The normalized spacial score (nSPS) is 11.3. The van der Waals surface area contributed by atoms with Crippen LogP contribution in [0.1, 0.15) is 6.42 Å². The number of rotatable bonds is 7. The number of nitro groups is 1. The molecule has 1 aromatic carbocycles. The zero-order chi connectivity index (χ0) is 16.7. The molecule has 0 spiro atoms. The van der Waals surface area contributed by atoms with Gasteiger partial charge in [0.2, 0.25) is 0 Å².